The Hall–Kier alpha value is -1.87. The van der Waals surface area contributed by atoms with E-state index in [-0.39, 0.29) is 32.2 Å². The smallest absolute Gasteiger partial charge is 0.407 e. The number of halogens is 3. The number of hydrogen-bond acceptors (Lipinski definition) is 5. The van der Waals surface area contributed by atoms with E-state index in [9.17, 15) is 14.3 Å². The molecule has 1 aromatic carbocycles. The molecule has 0 radical (unpaired) electrons. The van der Waals surface area contributed by atoms with E-state index in [1.165, 1.54) is 18.3 Å². The lowest BCUT2D eigenvalue weighted by atomic mass is 9.84. The lowest BCUT2D eigenvalue weighted by Gasteiger charge is -2.46. The quantitative estimate of drug-likeness (QED) is 0.648. The number of hydrogen-bond donors (Lipinski definition) is 1. The number of rotatable bonds is 2. The van der Waals surface area contributed by atoms with Crippen molar-refractivity contribution in [3.05, 3.63) is 21.6 Å². The number of carbonyl (C=O) groups is 1. The van der Waals surface area contributed by atoms with Crippen LogP contribution in [0.2, 0.25) is 5.02 Å². The van der Waals surface area contributed by atoms with Crippen LogP contribution in [-0.2, 0) is 0 Å². The number of fused-ring (bicyclic) bond motifs is 1. The molecule has 1 unspecified atom stereocenters. The summed E-state index contributed by atoms with van der Waals surface area (Å²) in [6.45, 7) is 7.08. The zero-order valence-corrected chi connectivity index (χ0v) is 18.3. The van der Waals surface area contributed by atoms with E-state index in [1.54, 1.807) is 0 Å². The second-order valence-corrected chi connectivity index (χ2v) is 8.87. The van der Waals surface area contributed by atoms with Crippen molar-refractivity contribution in [2.75, 3.05) is 31.6 Å². The van der Waals surface area contributed by atoms with E-state index in [1.807, 2.05) is 25.7 Å². The van der Waals surface area contributed by atoms with Gasteiger partial charge in [-0.15, -0.1) is 0 Å². The van der Waals surface area contributed by atoms with Crippen LogP contribution in [-0.4, -0.2) is 58.9 Å². The number of aromatic nitrogens is 2. The van der Waals surface area contributed by atoms with E-state index in [4.69, 9.17) is 16.3 Å². The first-order valence-electron chi connectivity index (χ1n) is 8.67. The van der Waals surface area contributed by atoms with Crippen LogP contribution < -0.4 is 9.64 Å². The Kier molecular flexibility index (Phi) is 5.60. The Morgan fingerprint density at radius 1 is 1.39 bits per heavy atom. The van der Waals surface area contributed by atoms with Crippen LogP contribution in [0, 0.1) is 11.2 Å². The molecule has 1 fully saturated rings. The molecule has 1 amide bonds. The predicted octanol–water partition coefficient (Wildman–Crippen LogP) is 4.41. The Morgan fingerprint density at radius 3 is 2.64 bits per heavy atom. The highest BCUT2D eigenvalue weighted by Crippen LogP contribution is 2.44. The topological polar surface area (TPSA) is 78.8 Å². The summed E-state index contributed by atoms with van der Waals surface area (Å²) in [7, 11) is 1.45. The lowest BCUT2D eigenvalue weighted by molar-refractivity contribution is 0.0747. The Morgan fingerprint density at radius 2 is 2.07 bits per heavy atom. The van der Waals surface area contributed by atoms with Crippen molar-refractivity contribution in [2.24, 2.45) is 5.41 Å². The molecule has 10 heteroatoms. The minimum atomic E-state index is -0.956. The zero-order valence-electron chi connectivity index (χ0n) is 16.0. The van der Waals surface area contributed by atoms with Crippen LogP contribution >= 0.6 is 27.5 Å². The summed E-state index contributed by atoms with van der Waals surface area (Å²) in [6.07, 6.45) is 0.332. The highest BCUT2D eigenvalue weighted by molar-refractivity contribution is 9.10. The van der Waals surface area contributed by atoms with Crippen molar-refractivity contribution in [3.63, 3.8) is 0 Å². The molecule has 7 nitrogen and oxygen atoms in total. The summed E-state index contributed by atoms with van der Waals surface area (Å²) < 4.78 is 20.3. The van der Waals surface area contributed by atoms with Crippen LogP contribution in [0.5, 0.6) is 5.75 Å². The van der Waals surface area contributed by atoms with E-state index in [0.717, 1.165) is 0 Å². The van der Waals surface area contributed by atoms with Gasteiger partial charge in [-0.25, -0.2) is 19.2 Å². The molecule has 1 aliphatic heterocycles. The summed E-state index contributed by atoms with van der Waals surface area (Å²) in [5, 5.41) is 10.0. The maximum absolute atomic E-state index is 14.8. The third kappa shape index (κ3) is 3.45. The molecule has 152 valence electrons. The molecule has 0 aliphatic carbocycles. The molecule has 2 aromatic rings. The molecule has 0 bridgehead atoms. The summed E-state index contributed by atoms with van der Waals surface area (Å²) in [4.78, 5) is 23.5. The van der Waals surface area contributed by atoms with Crippen molar-refractivity contribution in [3.8, 4) is 5.75 Å². The molecule has 1 saturated heterocycles. The largest absolute Gasteiger partial charge is 0.494 e. The number of amides is 1. The van der Waals surface area contributed by atoms with Gasteiger partial charge in [-0.3, -0.25) is 0 Å². The fourth-order valence-electron chi connectivity index (χ4n) is 3.54. The molecule has 2 heterocycles. The highest BCUT2D eigenvalue weighted by atomic mass is 79.9. The van der Waals surface area contributed by atoms with E-state index >= 15 is 0 Å². The fourth-order valence-corrected chi connectivity index (χ4v) is 4.16. The summed E-state index contributed by atoms with van der Waals surface area (Å²) >= 11 is 9.42. The molecular weight excluding hydrogens is 455 g/mol. The molecule has 1 aromatic heterocycles. The van der Waals surface area contributed by atoms with Crippen LogP contribution in [0.1, 0.15) is 20.8 Å². The average Bonchev–Trinajstić information content (AvgIpc) is 2.65. The normalized spacial score (nSPS) is 17.9. The summed E-state index contributed by atoms with van der Waals surface area (Å²) in [5.74, 6) is 0.143. The van der Waals surface area contributed by atoms with Gasteiger partial charge in [0, 0.05) is 19.6 Å². The van der Waals surface area contributed by atoms with Gasteiger partial charge < -0.3 is 19.6 Å². The van der Waals surface area contributed by atoms with Crippen molar-refractivity contribution in [1.82, 2.24) is 14.9 Å². The fraction of sp³-hybridized carbons (Fsp3) is 0.500. The zero-order chi connectivity index (χ0) is 20.8. The summed E-state index contributed by atoms with van der Waals surface area (Å²) in [6, 6.07) is -0.273. The van der Waals surface area contributed by atoms with Gasteiger partial charge in [0.2, 0.25) is 0 Å². The molecule has 28 heavy (non-hydrogen) atoms. The van der Waals surface area contributed by atoms with Crippen LogP contribution in [0.25, 0.3) is 10.9 Å². The maximum Gasteiger partial charge on any atom is 0.407 e. The van der Waals surface area contributed by atoms with Crippen molar-refractivity contribution < 1.29 is 19.0 Å². The molecule has 1 aliphatic rings. The minimum Gasteiger partial charge on any atom is -0.494 e. The van der Waals surface area contributed by atoms with E-state index in [2.05, 4.69) is 25.9 Å². The molecular formula is C18H21BrClFN4O3. The predicted molar refractivity (Wildman–Crippen MR) is 109 cm³/mol. The van der Waals surface area contributed by atoms with Crippen molar-refractivity contribution >= 4 is 50.3 Å². The number of methoxy groups -OCH3 is 1. The summed E-state index contributed by atoms with van der Waals surface area (Å²) in [5.41, 5.74) is -0.207. The first-order valence-corrected chi connectivity index (χ1v) is 9.84. The molecule has 1 atom stereocenters. The molecule has 0 spiro atoms. The van der Waals surface area contributed by atoms with Crippen molar-refractivity contribution in [2.45, 2.75) is 26.8 Å². The Bertz CT molecular complexity index is 937. The van der Waals surface area contributed by atoms with E-state index < -0.39 is 11.9 Å². The lowest BCUT2D eigenvalue weighted by Crippen LogP contribution is -2.59. The van der Waals surface area contributed by atoms with Crippen LogP contribution in [0.15, 0.2) is 10.8 Å². The van der Waals surface area contributed by atoms with Gasteiger partial charge in [0.25, 0.3) is 0 Å². The number of benzene rings is 1. The minimum absolute atomic E-state index is 0.0754. The third-order valence-corrected chi connectivity index (χ3v) is 6.31. The second kappa shape index (κ2) is 7.51. The van der Waals surface area contributed by atoms with Crippen LogP contribution in [0.4, 0.5) is 15.0 Å². The Balaban J connectivity index is 2.15. The van der Waals surface area contributed by atoms with Gasteiger partial charge in [0.05, 0.1) is 23.0 Å². The van der Waals surface area contributed by atoms with Gasteiger partial charge in [-0.05, 0) is 21.3 Å². The number of ether oxygens (including phenoxy) is 1. The van der Waals surface area contributed by atoms with Gasteiger partial charge in [0.1, 0.15) is 22.7 Å². The van der Waals surface area contributed by atoms with Gasteiger partial charge in [0.15, 0.2) is 11.6 Å². The third-order valence-electron chi connectivity index (χ3n) is 4.98. The average molecular weight is 476 g/mol. The molecule has 1 N–H and O–H groups in total. The Labute approximate surface area is 175 Å². The number of piperazine rings is 1. The second-order valence-electron chi connectivity index (χ2n) is 7.70. The SMILES string of the molecule is COc1c(Cl)c(Br)c(F)c2ncnc(N3CCN(C(=O)O)C(C(C)(C)C)C3)c12. The van der Waals surface area contributed by atoms with Gasteiger partial charge in [-0.1, -0.05) is 32.4 Å². The molecule has 0 saturated carbocycles. The highest BCUT2D eigenvalue weighted by Gasteiger charge is 2.39. The number of carboxylic acid groups (broad SMARTS) is 1. The molecule has 3 rings (SSSR count). The van der Waals surface area contributed by atoms with Crippen molar-refractivity contribution in [1.29, 1.82) is 0 Å². The number of anilines is 1. The number of nitrogens with zero attached hydrogens (tertiary/aromatic N) is 4. The van der Waals surface area contributed by atoms with Gasteiger partial charge >= 0.3 is 6.09 Å². The first-order chi connectivity index (χ1) is 13.1. The maximum atomic E-state index is 14.8. The van der Waals surface area contributed by atoms with Crippen LogP contribution in [0.3, 0.4) is 0 Å². The monoisotopic (exact) mass is 474 g/mol. The standard InChI is InChI=1S/C18H21BrClFN4O3/c1-18(2,3)9-7-24(5-6-25(9)17(26)27)16-10-14(22-8-23-16)13(21)11(19)12(20)15(10)28-4/h8-9H,5-7H2,1-4H3,(H,26,27). The first kappa shape index (κ1) is 20.9. The van der Waals surface area contributed by atoms with Gasteiger partial charge in [-0.2, -0.15) is 0 Å². The van der Waals surface area contributed by atoms with E-state index in [0.29, 0.717) is 30.8 Å².